The second-order valence-electron chi connectivity index (χ2n) is 11.3. The van der Waals surface area contributed by atoms with Crippen LogP contribution in [0.15, 0.2) is 36.5 Å². The third kappa shape index (κ3) is 6.66. The first-order valence-electron chi connectivity index (χ1n) is 14.1. The number of piperazine rings is 1. The summed E-state index contributed by atoms with van der Waals surface area (Å²) in [6.45, 7) is 5.18. The zero-order valence-electron chi connectivity index (χ0n) is 22.5. The van der Waals surface area contributed by atoms with Gasteiger partial charge < -0.3 is 20.1 Å². The lowest BCUT2D eigenvalue weighted by Crippen LogP contribution is -2.53. The number of fused-ring (bicyclic) bond motifs is 1. The molecule has 2 aromatic rings. The van der Waals surface area contributed by atoms with Gasteiger partial charge in [-0.15, -0.1) is 0 Å². The molecule has 10 heteroatoms. The van der Waals surface area contributed by atoms with E-state index in [9.17, 15) is 22.8 Å². The summed E-state index contributed by atoms with van der Waals surface area (Å²) in [5.41, 5.74) is 0.521. The average molecular weight is 546 g/mol. The minimum atomic E-state index is -4.45. The maximum atomic E-state index is 13.4. The fourth-order valence-corrected chi connectivity index (χ4v) is 6.20. The first-order chi connectivity index (χ1) is 18.7. The molecule has 2 atom stereocenters. The molecule has 39 heavy (non-hydrogen) atoms. The van der Waals surface area contributed by atoms with E-state index in [0.29, 0.717) is 29.3 Å². The van der Waals surface area contributed by atoms with Gasteiger partial charge in [0.1, 0.15) is 5.69 Å². The Morgan fingerprint density at radius 1 is 1.08 bits per heavy atom. The monoisotopic (exact) mass is 545 g/mol. The van der Waals surface area contributed by atoms with Crippen LogP contribution in [0.3, 0.4) is 0 Å². The largest absolute Gasteiger partial charge is 0.416 e. The highest BCUT2D eigenvalue weighted by molar-refractivity contribution is 5.95. The van der Waals surface area contributed by atoms with Crippen molar-refractivity contribution in [2.24, 2.45) is 5.92 Å². The molecule has 2 amide bonds. The van der Waals surface area contributed by atoms with E-state index in [2.05, 4.69) is 27.5 Å². The summed E-state index contributed by atoms with van der Waals surface area (Å²) in [6.07, 6.45) is 3.32. The van der Waals surface area contributed by atoms with Crippen LogP contribution in [-0.2, 0) is 11.0 Å². The summed E-state index contributed by atoms with van der Waals surface area (Å²) < 4.78 is 41.5. The van der Waals surface area contributed by atoms with Crippen LogP contribution in [0.4, 0.5) is 13.2 Å². The van der Waals surface area contributed by atoms with Gasteiger partial charge in [-0.2, -0.15) is 13.2 Å². The Bertz CT molecular complexity index is 1170. The molecular weight excluding hydrogens is 507 g/mol. The average Bonchev–Trinajstić information content (AvgIpc) is 3.38. The number of hydrogen-bond donors (Lipinski definition) is 2. The quantitative estimate of drug-likeness (QED) is 0.548. The molecule has 1 saturated carbocycles. The fourth-order valence-electron chi connectivity index (χ4n) is 6.20. The van der Waals surface area contributed by atoms with Crippen LogP contribution >= 0.6 is 0 Å². The number of halogens is 3. The smallest absolute Gasteiger partial charge is 0.352 e. The first kappa shape index (κ1) is 27.7. The summed E-state index contributed by atoms with van der Waals surface area (Å²) in [6, 6.07) is 6.47. The Morgan fingerprint density at radius 3 is 2.54 bits per heavy atom. The lowest BCUT2D eigenvalue weighted by Gasteiger charge is -2.38. The van der Waals surface area contributed by atoms with Crippen LogP contribution in [-0.4, -0.2) is 78.5 Å². The third-order valence-electron chi connectivity index (χ3n) is 8.53. The molecule has 1 aliphatic carbocycles. The third-order valence-corrected chi connectivity index (χ3v) is 8.53. The summed E-state index contributed by atoms with van der Waals surface area (Å²) >= 11 is 0. The number of carbonyl (C=O) groups is 2. The number of benzene rings is 1. The van der Waals surface area contributed by atoms with E-state index in [1.165, 1.54) is 25.3 Å². The molecule has 0 bridgehead atoms. The lowest BCUT2D eigenvalue weighted by atomic mass is 9.83. The Morgan fingerprint density at radius 2 is 1.82 bits per heavy atom. The highest BCUT2D eigenvalue weighted by Crippen LogP contribution is 2.34. The summed E-state index contributed by atoms with van der Waals surface area (Å²) in [5, 5.41) is 6.20. The predicted octanol–water partition coefficient (Wildman–Crippen LogP) is 4.16. The van der Waals surface area contributed by atoms with Crippen LogP contribution in [0.1, 0.15) is 60.6 Å². The molecule has 0 spiro atoms. The molecule has 1 aromatic heterocycles. The van der Waals surface area contributed by atoms with Gasteiger partial charge in [-0.1, -0.05) is 31.4 Å². The van der Waals surface area contributed by atoms with Crippen molar-refractivity contribution in [3.8, 4) is 11.1 Å². The van der Waals surface area contributed by atoms with E-state index >= 15 is 0 Å². The lowest BCUT2D eigenvalue weighted by molar-refractivity contribution is -0.137. The van der Waals surface area contributed by atoms with Crippen molar-refractivity contribution < 1.29 is 22.8 Å². The van der Waals surface area contributed by atoms with E-state index in [1.54, 1.807) is 22.9 Å². The number of nitrogens with zero attached hydrogens (tertiary/aromatic N) is 3. The number of likely N-dealkylation sites (N-methyl/N-ethyl adjacent to an activating group) is 1. The van der Waals surface area contributed by atoms with Crippen LogP contribution in [0.2, 0.25) is 0 Å². The minimum absolute atomic E-state index is 0.0545. The van der Waals surface area contributed by atoms with E-state index in [0.717, 1.165) is 57.7 Å². The molecule has 5 rings (SSSR count). The van der Waals surface area contributed by atoms with E-state index in [4.69, 9.17) is 0 Å². The molecule has 1 saturated heterocycles. The molecule has 1 aromatic carbocycles. The Kier molecular flexibility index (Phi) is 8.32. The molecule has 3 aliphatic rings. The van der Waals surface area contributed by atoms with Gasteiger partial charge >= 0.3 is 6.18 Å². The predicted molar refractivity (Wildman–Crippen MR) is 143 cm³/mol. The molecule has 7 nitrogen and oxygen atoms in total. The SMILES string of the molecule is CN1CCN(C[C@@H](NC(=O)C[C@@H]2CNC(=O)c3cc(-c4cccc(C(F)(F)F)c4)cn32)C2CCCCC2)CC1. The molecule has 2 N–H and O–H groups in total. The number of amides is 2. The first-order valence-corrected chi connectivity index (χ1v) is 14.1. The standard InChI is InChI=1S/C29H38F3N5O2/c1-35-10-12-36(13-11-35)19-25(20-6-3-2-4-7-20)34-27(38)16-24-17-33-28(39)26-15-22(18-37(24)26)21-8-5-9-23(14-21)29(30,31)32/h5,8-9,14-15,18,20,24-25H,2-4,6-7,10-13,16-17,19H2,1H3,(H,33,39)(H,34,38)/t24-,25-/m1/s1. The van der Waals surface area contributed by atoms with Gasteiger partial charge in [0.2, 0.25) is 5.91 Å². The second-order valence-corrected chi connectivity index (χ2v) is 11.3. The molecule has 0 radical (unpaired) electrons. The van der Waals surface area contributed by atoms with Gasteiger partial charge in [0.05, 0.1) is 11.6 Å². The topological polar surface area (TPSA) is 69.6 Å². The Balaban J connectivity index is 1.30. The van der Waals surface area contributed by atoms with Crippen LogP contribution in [0, 0.1) is 5.92 Å². The zero-order chi connectivity index (χ0) is 27.6. The number of nitrogens with one attached hydrogen (secondary N) is 2. The number of aromatic nitrogens is 1. The van der Waals surface area contributed by atoms with Gasteiger partial charge in [0.25, 0.3) is 5.91 Å². The molecule has 0 unspecified atom stereocenters. The number of hydrogen-bond acceptors (Lipinski definition) is 4. The number of alkyl halides is 3. The van der Waals surface area contributed by atoms with Crippen molar-refractivity contribution in [1.29, 1.82) is 0 Å². The Hall–Kier alpha value is -2.85. The van der Waals surface area contributed by atoms with Crippen molar-refractivity contribution in [1.82, 2.24) is 25.0 Å². The maximum absolute atomic E-state index is 13.4. The van der Waals surface area contributed by atoms with Crippen molar-refractivity contribution >= 4 is 11.8 Å². The van der Waals surface area contributed by atoms with E-state index in [1.807, 2.05) is 0 Å². The number of rotatable bonds is 7. The van der Waals surface area contributed by atoms with Gasteiger partial charge in [0.15, 0.2) is 0 Å². The van der Waals surface area contributed by atoms with Crippen molar-refractivity contribution in [2.45, 2.75) is 56.8 Å². The summed E-state index contributed by atoms with van der Waals surface area (Å²) in [5.74, 6) is 0.115. The summed E-state index contributed by atoms with van der Waals surface area (Å²) in [7, 11) is 2.13. The van der Waals surface area contributed by atoms with Crippen molar-refractivity contribution in [2.75, 3.05) is 46.3 Å². The highest BCUT2D eigenvalue weighted by atomic mass is 19.4. The van der Waals surface area contributed by atoms with Crippen LogP contribution in [0.5, 0.6) is 0 Å². The second kappa shape index (κ2) is 11.7. The van der Waals surface area contributed by atoms with Crippen molar-refractivity contribution in [3.63, 3.8) is 0 Å². The molecule has 212 valence electrons. The maximum Gasteiger partial charge on any atom is 0.416 e. The number of carbonyl (C=O) groups excluding carboxylic acids is 2. The van der Waals surface area contributed by atoms with Crippen LogP contribution in [0.25, 0.3) is 11.1 Å². The van der Waals surface area contributed by atoms with E-state index < -0.39 is 11.7 Å². The summed E-state index contributed by atoms with van der Waals surface area (Å²) in [4.78, 5) is 30.8. The molecule has 3 heterocycles. The van der Waals surface area contributed by atoms with Gasteiger partial charge in [-0.3, -0.25) is 14.5 Å². The van der Waals surface area contributed by atoms with E-state index in [-0.39, 0.29) is 30.3 Å². The normalized spacial score (nSPS) is 22.3. The van der Waals surface area contributed by atoms with Gasteiger partial charge in [-0.05, 0) is 49.6 Å². The Labute approximate surface area is 227 Å². The molecular formula is C29H38F3N5O2. The molecule has 2 fully saturated rings. The van der Waals surface area contributed by atoms with Gasteiger partial charge in [-0.25, -0.2) is 0 Å². The van der Waals surface area contributed by atoms with Crippen molar-refractivity contribution in [3.05, 3.63) is 47.8 Å². The highest BCUT2D eigenvalue weighted by Gasteiger charge is 2.33. The minimum Gasteiger partial charge on any atom is -0.352 e. The zero-order valence-corrected chi connectivity index (χ0v) is 22.5. The van der Waals surface area contributed by atoms with Crippen LogP contribution < -0.4 is 10.6 Å². The molecule has 2 aliphatic heterocycles. The fraction of sp³-hybridized carbons (Fsp3) is 0.586. The van der Waals surface area contributed by atoms with Gasteiger partial charge in [0, 0.05) is 63.5 Å².